The van der Waals surface area contributed by atoms with Gasteiger partial charge in [0.25, 0.3) is 0 Å². The average molecular weight is 373 g/mol. The van der Waals surface area contributed by atoms with Gasteiger partial charge in [0.05, 0.1) is 24.9 Å². The van der Waals surface area contributed by atoms with E-state index in [0.717, 1.165) is 33.4 Å². The summed E-state index contributed by atoms with van der Waals surface area (Å²) in [6.07, 6.45) is 1.94. The van der Waals surface area contributed by atoms with Crippen molar-refractivity contribution < 1.29 is 9.21 Å². The first-order valence-corrected chi connectivity index (χ1v) is 9.36. The maximum absolute atomic E-state index is 12.7. The minimum Gasteiger partial charge on any atom is -0.464 e. The highest BCUT2D eigenvalue weighted by Crippen LogP contribution is 2.27. The third-order valence-corrected chi connectivity index (χ3v) is 5.04. The smallest absolute Gasteiger partial charge is 0.230 e. The summed E-state index contributed by atoms with van der Waals surface area (Å²) in [6.45, 7) is 6.62. The molecule has 0 bridgehead atoms. The highest BCUT2D eigenvalue weighted by molar-refractivity contribution is 5.95. The van der Waals surface area contributed by atoms with Gasteiger partial charge in [0.2, 0.25) is 5.91 Å². The number of rotatable bonds is 5. The maximum atomic E-state index is 12.7. The van der Waals surface area contributed by atoms with E-state index < -0.39 is 0 Å². The molecule has 2 heterocycles. The van der Waals surface area contributed by atoms with Crippen molar-refractivity contribution >= 4 is 22.7 Å². The SMILES string of the molecule is Cc1cc(NC(=O)Cc2coc3c(C)c(C)ccc23)n(Cc2ccccc2)n1. The van der Waals surface area contributed by atoms with Crippen LogP contribution in [0.25, 0.3) is 11.0 Å². The quantitative estimate of drug-likeness (QED) is 0.547. The largest absolute Gasteiger partial charge is 0.464 e. The minimum absolute atomic E-state index is 0.0878. The van der Waals surface area contributed by atoms with Gasteiger partial charge in [-0.3, -0.25) is 4.79 Å². The van der Waals surface area contributed by atoms with Gasteiger partial charge in [0.1, 0.15) is 11.4 Å². The van der Waals surface area contributed by atoms with Gasteiger partial charge >= 0.3 is 0 Å². The van der Waals surface area contributed by atoms with Crippen molar-refractivity contribution in [3.8, 4) is 0 Å². The summed E-state index contributed by atoms with van der Waals surface area (Å²) < 4.78 is 7.54. The predicted molar refractivity (Wildman–Crippen MR) is 111 cm³/mol. The molecule has 0 saturated heterocycles. The van der Waals surface area contributed by atoms with Gasteiger partial charge < -0.3 is 9.73 Å². The number of aryl methyl sites for hydroxylation is 3. The zero-order chi connectivity index (χ0) is 19.7. The molecule has 2 aromatic carbocycles. The van der Waals surface area contributed by atoms with Gasteiger partial charge in [-0.15, -0.1) is 0 Å². The Labute approximate surface area is 164 Å². The van der Waals surface area contributed by atoms with Crippen molar-refractivity contribution in [1.29, 1.82) is 0 Å². The number of benzene rings is 2. The number of aromatic nitrogens is 2. The summed E-state index contributed by atoms with van der Waals surface area (Å²) in [5.41, 5.74) is 6.03. The standard InChI is InChI=1S/C23H23N3O2/c1-15-9-10-20-19(14-28-23(20)17(15)3)12-22(27)24-21-11-16(2)25-26(21)13-18-7-5-4-6-8-18/h4-11,14H,12-13H2,1-3H3,(H,24,27). The van der Waals surface area contributed by atoms with Crippen molar-refractivity contribution in [3.05, 3.63) is 82.7 Å². The van der Waals surface area contributed by atoms with Crippen LogP contribution >= 0.6 is 0 Å². The zero-order valence-corrected chi connectivity index (χ0v) is 16.3. The van der Waals surface area contributed by atoms with E-state index in [-0.39, 0.29) is 12.3 Å². The molecular weight excluding hydrogens is 350 g/mol. The van der Waals surface area contributed by atoms with Crippen LogP contribution in [0.4, 0.5) is 5.82 Å². The van der Waals surface area contributed by atoms with Crippen molar-refractivity contribution in [2.24, 2.45) is 0 Å². The third-order valence-electron chi connectivity index (χ3n) is 5.04. The van der Waals surface area contributed by atoms with Crippen LogP contribution in [0, 0.1) is 20.8 Å². The molecule has 28 heavy (non-hydrogen) atoms. The van der Waals surface area contributed by atoms with Crippen molar-refractivity contribution in [2.75, 3.05) is 5.32 Å². The number of carbonyl (C=O) groups is 1. The Morgan fingerprint density at radius 1 is 1.11 bits per heavy atom. The molecule has 0 radical (unpaired) electrons. The monoisotopic (exact) mass is 373 g/mol. The number of anilines is 1. The van der Waals surface area contributed by atoms with Crippen LogP contribution < -0.4 is 5.32 Å². The molecule has 1 N–H and O–H groups in total. The fourth-order valence-corrected chi connectivity index (χ4v) is 3.41. The molecule has 0 spiro atoms. The van der Waals surface area contributed by atoms with E-state index in [1.165, 1.54) is 5.56 Å². The molecule has 4 rings (SSSR count). The van der Waals surface area contributed by atoms with Gasteiger partial charge in [0.15, 0.2) is 0 Å². The second kappa shape index (κ2) is 7.35. The van der Waals surface area contributed by atoms with Gasteiger partial charge in [-0.2, -0.15) is 5.10 Å². The molecule has 0 atom stereocenters. The van der Waals surface area contributed by atoms with Crippen LogP contribution in [0.3, 0.4) is 0 Å². The van der Waals surface area contributed by atoms with E-state index in [0.29, 0.717) is 12.4 Å². The van der Waals surface area contributed by atoms with E-state index in [9.17, 15) is 4.79 Å². The lowest BCUT2D eigenvalue weighted by Crippen LogP contribution is -2.17. The predicted octanol–water partition coefficient (Wildman–Crippen LogP) is 4.78. The summed E-state index contributed by atoms with van der Waals surface area (Å²) in [5.74, 6) is 0.612. The van der Waals surface area contributed by atoms with Crippen LogP contribution in [0.1, 0.15) is 27.9 Å². The molecule has 142 valence electrons. The molecule has 0 aliphatic rings. The number of nitrogens with one attached hydrogen (secondary N) is 1. The first-order chi connectivity index (χ1) is 13.5. The van der Waals surface area contributed by atoms with Crippen LogP contribution in [-0.2, 0) is 17.8 Å². The topological polar surface area (TPSA) is 60.1 Å². The number of amides is 1. The first-order valence-electron chi connectivity index (χ1n) is 9.36. The minimum atomic E-state index is -0.0878. The summed E-state index contributed by atoms with van der Waals surface area (Å²) in [4.78, 5) is 12.7. The van der Waals surface area contributed by atoms with E-state index in [1.54, 1.807) is 6.26 Å². The zero-order valence-electron chi connectivity index (χ0n) is 16.3. The van der Waals surface area contributed by atoms with E-state index in [1.807, 2.05) is 61.0 Å². The van der Waals surface area contributed by atoms with Gasteiger partial charge in [-0.25, -0.2) is 4.68 Å². The van der Waals surface area contributed by atoms with E-state index >= 15 is 0 Å². The molecule has 5 nitrogen and oxygen atoms in total. The van der Waals surface area contributed by atoms with Gasteiger partial charge in [-0.05, 0) is 37.5 Å². The second-order valence-corrected chi connectivity index (χ2v) is 7.18. The Bertz CT molecular complexity index is 1140. The Morgan fingerprint density at radius 3 is 2.68 bits per heavy atom. The molecule has 5 heteroatoms. The number of furan rings is 1. The lowest BCUT2D eigenvalue weighted by Gasteiger charge is -2.09. The second-order valence-electron chi connectivity index (χ2n) is 7.18. The summed E-state index contributed by atoms with van der Waals surface area (Å²) in [5, 5.41) is 8.50. The lowest BCUT2D eigenvalue weighted by atomic mass is 10.0. The molecule has 4 aromatic rings. The number of hydrogen-bond acceptors (Lipinski definition) is 3. The van der Waals surface area contributed by atoms with Crippen molar-refractivity contribution in [1.82, 2.24) is 9.78 Å². The summed E-state index contributed by atoms with van der Waals surface area (Å²) in [6, 6.07) is 16.0. The molecule has 1 amide bonds. The molecule has 0 fully saturated rings. The molecule has 2 aromatic heterocycles. The highest BCUT2D eigenvalue weighted by Gasteiger charge is 2.15. The van der Waals surface area contributed by atoms with Crippen LogP contribution in [-0.4, -0.2) is 15.7 Å². The number of fused-ring (bicyclic) bond motifs is 1. The molecular formula is C23H23N3O2. The lowest BCUT2D eigenvalue weighted by molar-refractivity contribution is -0.115. The Kier molecular flexibility index (Phi) is 4.74. The van der Waals surface area contributed by atoms with Gasteiger partial charge in [-0.1, -0.05) is 42.5 Å². The summed E-state index contributed by atoms with van der Waals surface area (Å²) >= 11 is 0. The van der Waals surface area contributed by atoms with Crippen molar-refractivity contribution in [2.45, 2.75) is 33.7 Å². The summed E-state index contributed by atoms with van der Waals surface area (Å²) in [7, 11) is 0. The van der Waals surface area contributed by atoms with Crippen LogP contribution in [0.2, 0.25) is 0 Å². The first kappa shape index (κ1) is 18.0. The normalized spacial score (nSPS) is 11.1. The molecule has 0 aliphatic carbocycles. The number of carbonyl (C=O) groups excluding carboxylic acids is 1. The number of nitrogens with zero attached hydrogens (tertiary/aromatic N) is 2. The fourth-order valence-electron chi connectivity index (χ4n) is 3.41. The Balaban J connectivity index is 1.53. The number of hydrogen-bond donors (Lipinski definition) is 1. The highest BCUT2D eigenvalue weighted by atomic mass is 16.3. The molecule has 0 unspecified atom stereocenters. The maximum Gasteiger partial charge on any atom is 0.230 e. The fraction of sp³-hybridized carbons (Fsp3) is 0.217. The van der Waals surface area contributed by atoms with E-state index in [4.69, 9.17) is 4.42 Å². The van der Waals surface area contributed by atoms with Crippen LogP contribution in [0.5, 0.6) is 0 Å². The van der Waals surface area contributed by atoms with E-state index in [2.05, 4.69) is 23.4 Å². The molecule has 0 aliphatic heterocycles. The van der Waals surface area contributed by atoms with Crippen molar-refractivity contribution in [3.63, 3.8) is 0 Å². The Hall–Kier alpha value is -3.34. The van der Waals surface area contributed by atoms with Gasteiger partial charge in [0, 0.05) is 17.0 Å². The molecule has 0 saturated carbocycles. The Morgan fingerprint density at radius 2 is 1.89 bits per heavy atom. The average Bonchev–Trinajstić information content (AvgIpc) is 3.22. The van der Waals surface area contributed by atoms with Crippen LogP contribution in [0.15, 0.2) is 59.2 Å². The third kappa shape index (κ3) is 3.56.